The van der Waals surface area contributed by atoms with Crippen LogP contribution in [0.4, 0.5) is 0 Å². The summed E-state index contributed by atoms with van der Waals surface area (Å²) in [6.07, 6.45) is 6.92. The fraction of sp³-hybridized carbons (Fsp3) is 0.250. The Balaban J connectivity index is 1.67. The molecule has 0 aromatic carbocycles. The van der Waals surface area contributed by atoms with E-state index in [9.17, 15) is 4.79 Å². The minimum atomic E-state index is -0.0864. The molecule has 1 N–H and O–H groups in total. The number of carbonyl (C=O) groups excluding carboxylic acids is 1. The van der Waals surface area contributed by atoms with E-state index >= 15 is 0 Å². The van der Waals surface area contributed by atoms with Gasteiger partial charge in [-0.15, -0.1) is 0 Å². The number of imidazole rings is 1. The smallest absolute Gasteiger partial charge is 0.242 e. The number of aryl methyl sites for hydroxylation is 2. The second-order valence-corrected chi connectivity index (χ2v) is 5.32. The molecule has 118 valence electrons. The van der Waals surface area contributed by atoms with Crippen LogP contribution < -0.4 is 5.32 Å². The van der Waals surface area contributed by atoms with Crippen molar-refractivity contribution in [1.29, 1.82) is 0 Å². The average Bonchev–Trinajstić information content (AvgIpc) is 3.16. The first kappa shape index (κ1) is 15.0. The van der Waals surface area contributed by atoms with Crippen LogP contribution in [0, 0.1) is 13.8 Å². The fourth-order valence-corrected chi connectivity index (χ4v) is 2.41. The molecule has 3 rings (SSSR count). The molecular formula is C16H18N6O. The topological polar surface area (TPSA) is 77.6 Å². The van der Waals surface area contributed by atoms with Gasteiger partial charge in [0.2, 0.25) is 5.91 Å². The van der Waals surface area contributed by atoms with Crippen LogP contribution in [0.1, 0.15) is 17.0 Å². The zero-order valence-corrected chi connectivity index (χ0v) is 13.1. The Bertz CT molecular complexity index is 806. The van der Waals surface area contributed by atoms with Crippen LogP contribution in [0.25, 0.3) is 5.82 Å². The molecular weight excluding hydrogens is 292 g/mol. The molecule has 0 saturated heterocycles. The van der Waals surface area contributed by atoms with E-state index in [-0.39, 0.29) is 12.5 Å². The van der Waals surface area contributed by atoms with Gasteiger partial charge in [-0.05, 0) is 26.0 Å². The third-order valence-corrected chi connectivity index (χ3v) is 3.49. The Kier molecular flexibility index (Phi) is 4.18. The summed E-state index contributed by atoms with van der Waals surface area (Å²) in [5, 5.41) is 7.21. The van der Waals surface area contributed by atoms with Gasteiger partial charge in [-0.2, -0.15) is 5.10 Å². The molecule has 0 atom stereocenters. The quantitative estimate of drug-likeness (QED) is 0.772. The van der Waals surface area contributed by atoms with Crippen molar-refractivity contribution in [2.75, 3.05) is 0 Å². The van der Waals surface area contributed by atoms with Crippen LogP contribution in [0.2, 0.25) is 0 Å². The number of amides is 1. The van der Waals surface area contributed by atoms with E-state index in [2.05, 4.69) is 20.4 Å². The lowest BCUT2D eigenvalue weighted by Gasteiger charge is -2.10. The zero-order chi connectivity index (χ0) is 16.2. The van der Waals surface area contributed by atoms with Gasteiger partial charge < -0.3 is 5.32 Å². The molecule has 3 heterocycles. The van der Waals surface area contributed by atoms with E-state index in [0.29, 0.717) is 6.54 Å². The molecule has 0 radical (unpaired) electrons. The Morgan fingerprint density at radius 3 is 2.87 bits per heavy atom. The average molecular weight is 310 g/mol. The van der Waals surface area contributed by atoms with Crippen LogP contribution in [-0.2, 0) is 17.9 Å². The van der Waals surface area contributed by atoms with Crippen molar-refractivity contribution in [3.8, 4) is 5.82 Å². The maximum atomic E-state index is 12.1. The van der Waals surface area contributed by atoms with Crippen molar-refractivity contribution >= 4 is 5.91 Å². The summed E-state index contributed by atoms with van der Waals surface area (Å²) in [5.74, 6) is 0.674. The number of nitrogens with zero attached hydrogens (tertiary/aromatic N) is 5. The van der Waals surface area contributed by atoms with Crippen molar-refractivity contribution in [2.45, 2.75) is 26.9 Å². The molecule has 3 aromatic rings. The van der Waals surface area contributed by atoms with Crippen LogP contribution in [0.5, 0.6) is 0 Å². The van der Waals surface area contributed by atoms with Crippen molar-refractivity contribution in [3.63, 3.8) is 0 Å². The molecule has 7 nitrogen and oxygen atoms in total. The van der Waals surface area contributed by atoms with Crippen molar-refractivity contribution in [2.24, 2.45) is 0 Å². The number of nitrogens with one attached hydrogen (secondary N) is 1. The standard InChI is InChI=1S/C16H18N6O/c1-12-8-13(2)22(20-12)10-15(23)19-9-14-4-3-5-18-16(14)21-7-6-17-11-21/h3-8,11H,9-10H2,1-2H3,(H,19,23). The molecule has 23 heavy (non-hydrogen) atoms. The molecule has 0 aliphatic carbocycles. The summed E-state index contributed by atoms with van der Waals surface area (Å²) in [6.45, 7) is 4.46. The highest BCUT2D eigenvalue weighted by atomic mass is 16.2. The second-order valence-electron chi connectivity index (χ2n) is 5.32. The summed E-state index contributed by atoms with van der Waals surface area (Å²) in [4.78, 5) is 20.5. The summed E-state index contributed by atoms with van der Waals surface area (Å²) in [7, 11) is 0. The van der Waals surface area contributed by atoms with Crippen LogP contribution in [0.15, 0.2) is 43.1 Å². The summed E-state index contributed by atoms with van der Waals surface area (Å²) in [5.41, 5.74) is 2.80. The van der Waals surface area contributed by atoms with E-state index in [4.69, 9.17) is 0 Å². The normalized spacial score (nSPS) is 10.7. The van der Waals surface area contributed by atoms with Gasteiger partial charge in [0.1, 0.15) is 18.7 Å². The second kappa shape index (κ2) is 6.43. The Morgan fingerprint density at radius 1 is 1.30 bits per heavy atom. The lowest BCUT2D eigenvalue weighted by atomic mass is 10.2. The molecule has 0 unspecified atom stereocenters. The van der Waals surface area contributed by atoms with Gasteiger partial charge in [0.05, 0.1) is 5.69 Å². The Labute approximate surface area is 134 Å². The Morgan fingerprint density at radius 2 is 2.17 bits per heavy atom. The van der Waals surface area contributed by atoms with Gasteiger partial charge in [-0.3, -0.25) is 14.0 Å². The molecule has 3 aromatic heterocycles. The van der Waals surface area contributed by atoms with E-state index < -0.39 is 0 Å². The number of rotatable bonds is 5. The number of carbonyl (C=O) groups is 1. The summed E-state index contributed by atoms with van der Waals surface area (Å²) in [6, 6.07) is 5.74. The molecule has 1 amide bonds. The minimum absolute atomic E-state index is 0.0864. The molecule has 0 bridgehead atoms. The van der Waals surface area contributed by atoms with Gasteiger partial charge in [0.15, 0.2) is 0 Å². The van der Waals surface area contributed by atoms with Gasteiger partial charge in [-0.25, -0.2) is 9.97 Å². The lowest BCUT2D eigenvalue weighted by molar-refractivity contribution is -0.122. The van der Waals surface area contributed by atoms with E-state index in [1.165, 1.54) is 0 Å². The number of hydrogen-bond donors (Lipinski definition) is 1. The number of pyridine rings is 1. The van der Waals surface area contributed by atoms with Crippen molar-refractivity contribution < 1.29 is 4.79 Å². The molecule has 0 fully saturated rings. The van der Waals surface area contributed by atoms with E-state index in [1.807, 2.05) is 42.8 Å². The number of hydrogen-bond acceptors (Lipinski definition) is 4. The number of aromatic nitrogens is 5. The summed E-state index contributed by atoms with van der Waals surface area (Å²) < 4.78 is 3.52. The fourth-order valence-electron chi connectivity index (χ4n) is 2.41. The molecule has 7 heteroatoms. The largest absolute Gasteiger partial charge is 0.350 e. The van der Waals surface area contributed by atoms with Gasteiger partial charge in [-0.1, -0.05) is 6.07 Å². The minimum Gasteiger partial charge on any atom is -0.350 e. The molecule has 0 spiro atoms. The van der Waals surface area contributed by atoms with Crippen LogP contribution in [0.3, 0.4) is 0 Å². The van der Waals surface area contributed by atoms with E-state index in [1.54, 1.807) is 23.4 Å². The van der Waals surface area contributed by atoms with E-state index in [0.717, 1.165) is 22.8 Å². The molecule has 0 aliphatic heterocycles. The SMILES string of the molecule is Cc1cc(C)n(CC(=O)NCc2cccnc2-n2ccnc2)n1. The van der Waals surface area contributed by atoms with Crippen molar-refractivity contribution in [3.05, 3.63) is 60.1 Å². The highest BCUT2D eigenvalue weighted by Crippen LogP contribution is 2.10. The predicted octanol–water partition coefficient (Wildman–Crippen LogP) is 1.40. The Hall–Kier alpha value is -2.96. The molecule has 0 saturated carbocycles. The van der Waals surface area contributed by atoms with Crippen LogP contribution in [-0.4, -0.2) is 30.2 Å². The monoisotopic (exact) mass is 310 g/mol. The van der Waals surface area contributed by atoms with Crippen molar-refractivity contribution in [1.82, 2.24) is 29.6 Å². The zero-order valence-electron chi connectivity index (χ0n) is 13.1. The van der Waals surface area contributed by atoms with Crippen LogP contribution >= 0.6 is 0 Å². The first-order chi connectivity index (χ1) is 11.1. The van der Waals surface area contributed by atoms with Gasteiger partial charge in [0.25, 0.3) is 0 Å². The summed E-state index contributed by atoms with van der Waals surface area (Å²) >= 11 is 0. The maximum absolute atomic E-state index is 12.1. The highest BCUT2D eigenvalue weighted by molar-refractivity contribution is 5.75. The molecule has 0 aliphatic rings. The first-order valence-electron chi connectivity index (χ1n) is 7.33. The third kappa shape index (κ3) is 3.45. The lowest BCUT2D eigenvalue weighted by Crippen LogP contribution is -2.28. The van der Waals surface area contributed by atoms with Gasteiger partial charge >= 0.3 is 0 Å². The first-order valence-corrected chi connectivity index (χ1v) is 7.33. The third-order valence-electron chi connectivity index (χ3n) is 3.49. The predicted molar refractivity (Wildman–Crippen MR) is 84.9 cm³/mol. The highest BCUT2D eigenvalue weighted by Gasteiger charge is 2.09. The maximum Gasteiger partial charge on any atom is 0.242 e. The van der Waals surface area contributed by atoms with Gasteiger partial charge in [0, 0.05) is 36.4 Å².